The third-order valence-electron chi connectivity index (χ3n) is 3.49. The zero-order valence-electron chi connectivity index (χ0n) is 12.4. The molecule has 20 heavy (non-hydrogen) atoms. The predicted molar refractivity (Wildman–Crippen MR) is 87.6 cm³/mol. The number of hydrogen-bond donors (Lipinski definition) is 1. The number of benzene rings is 1. The second-order valence-electron chi connectivity index (χ2n) is 5.13. The Morgan fingerprint density at radius 2 is 2.00 bits per heavy atom. The van der Waals surface area contributed by atoms with Gasteiger partial charge in [-0.15, -0.1) is 0 Å². The van der Waals surface area contributed by atoms with E-state index in [0.717, 1.165) is 5.69 Å². The first-order valence-corrected chi connectivity index (χ1v) is 8.43. The Kier molecular flexibility index (Phi) is 5.68. The van der Waals surface area contributed by atoms with Gasteiger partial charge in [-0.3, -0.25) is 0 Å². The van der Waals surface area contributed by atoms with Crippen LogP contribution in [0.5, 0.6) is 0 Å². The van der Waals surface area contributed by atoms with Gasteiger partial charge in [-0.2, -0.15) is 11.8 Å². The van der Waals surface area contributed by atoms with E-state index in [9.17, 15) is 0 Å². The highest BCUT2D eigenvalue weighted by molar-refractivity contribution is 7.98. The number of thioether (sulfide) groups is 1. The van der Waals surface area contributed by atoms with Crippen LogP contribution >= 0.6 is 11.8 Å². The molecule has 1 aromatic carbocycles. The van der Waals surface area contributed by atoms with Gasteiger partial charge in [-0.1, -0.05) is 12.1 Å². The third-order valence-corrected chi connectivity index (χ3v) is 4.13. The molecule has 0 radical (unpaired) electrons. The molecule has 1 heterocycles. The molecule has 2 aromatic rings. The minimum Gasteiger partial charge on any atom is -0.308 e. The van der Waals surface area contributed by atoms with Gasteiger partial charge >= 0.3 is 0 Å². The van der Waals surface area contributed by atoms with Gasteiger partial charge in [-0.05, 0) is 50.0 Å². The molecule has 0 aliphatic carbocycles. The molecule has 0 saturated carbocycles. The van der Waals surface area contributed by atoms with Crippen LogP contribution in [0.1, 0.15) is 31.9 Å². The van der Waals surface area contributed by atoms with Crippen molar-refractivity contribution >= 4 is 11.8 Å². The van der Waals surface area contributed by atoms with Crippen LogP contribution < -0.4 is 5.32 Å². The molecular formula is C16H23N3S. The van der Waals surface area contributed by atoms with Crippen LogP contribution in [0.15, 0.2) is 43.0 Å². The maximum Gasteiger partial charge on any atom is 0.0991 e. The molecule has 0 fully saturated rings. The molecule has 4 heteroatoms. The van der Waals surface area contributed by atoms with Crippen molar-refractivity contribution in [1.82, 2.24) is 14.9 Å². The molecule has 0 amide bonds. The van der Waals surface area contributed by atoms with E-state index >= 15 is 0 Å². The molecule has 2 atom stereocenters. The number of aromatic nitrogens is 2. The quantitative estimate of drug-likeness (QED) is 0.843. The molecule has 2 unspecified atom stereocenters. The lowest BCUT2D eigenvalue weighted by Gasteiger charge is -2.20. The van der Waals surface area contributed by atoms with E-state index < -0.39 is 0 Å². The lowest BCUT2D eigenvalue weighted by atomic mass is 10.1. The van der Waals surface area contributed by atoms with Crippen LogP contribution in [-0.4, -0.2) is 27.6 Å². The van der Waals surface area contributed by atoms with Crippen molar-refractivity contribution in [2.45, 2.75) is 32.4 Å². The van der Waals surface area contributed by atoms with Crippen LogP contribution in [0.3, 0.4) is 0 Å². The zero-order valence-corrected chi connectivity index (χ0v) is 13.2. The third kappa shape index (κ3) is 4.12. The summed E-state index contributed by atoms with van der Waals surface area (Å²) in [7, 11) is 0. The molecule has 108 valence electrons. The first-order valence-electron chi connectivity index (χ1n) is 7.04. The highest BCUT2D eigenvalue weighted by Gasteiger charge is 2.09. The van der Waals surface area contributed by atoms with Gasteiger partial charge < -0.3 is 9.88 Å². The molecule has 0 saturated heterocycles. The van der Waals surface area contributed by atoms with E-state index in [1.54, 1.807) is 6.20 Å². The van der Waals surface area contributed by atoms with E-state index in [4.69, 9.17) is 0 Å². The summed E-state index contributed by atoms with van der Waals surface area (Å²) < 4.78 is 2.02. The average molecular weight is 289 g/mol. The van der Waals surface area contributed by atoms with Crippen molar-refractivity contribution < 1.29 is 0 Å². The minimum absolute atomic E-state index is 0.378. The van der Waals surface area contributed by atoms with E-state index in [1.165, 1.54) is 17.7 Å². The summed E-state index contributed by atoms with van der Waals surface area (Å²) >= 11 is 1.90. The lowest BCUT2D eigenvalue weighted by molar-refractivity contribution is 0.472. The zero-order chi connectivity index (χ0) is 14.4. The molecule has 1 aromatic heterocycles. The standard InChI is InChI=1S/C16H23N3S/c1-13(8-11-20-3)18-14(2)15-4-6-16(7-5-15)19-10-9-17-12-19/h4-7,9-10,12-14,18H,8,11H2,1-3H3. The van der Waals surface area contributed by atoms with Gasteiger partial charge in [0, 0.05) is 30.2 Å². The largest absolute Gasteiger partial charge is 0.308 e. The Bertz CT molecular complexity index is 493. The van der Waals surface area contributed by atoms with E-state index in [2.05, 4.69) is 54.7 Å². The summed E-state index contributed by atoms with van der Waals surface area (Å²) in [4.78, 5) is 4.07. The summed E-state index contributed by atoms with van der Waals surface area (Å²) in [5, 5.41) is 3.65. The summed E-state index contributed by atoms with van der Waals surface area (Å²) in [6.07, 6.45) is 8.94. The predicted octanol–water partition coefficient (Wildman–Crippen LogP) is 3.66. The van der Waals surface area contributed by atoms with Gasteiger partial charge in [0.05, 0.1) is 6.33 Å². The fraction of sp³-hybridized carbons (Fsp3) is 0.438. The van der Waals surface area contributed by atoms with Crippen LogP contribution in [0.2, 0.25) is 0 Å². The van der Waals surface area contributed by atoms with Crippen molar-refractivity contribution in [2.24, 2.45) is 0 Å². The Balaban J connectivity index is 1.95. The molecule has 0 aliphatic rings. The monoisotopic (exact) mass is 289 g/mol. The number of rotatable bonds is 7. The van der Waals surface area contributed by atoms with Gasteiger partial charge in [0.25, 0.3) is 0 Å². The molecule has 2 rings (SSSR count). The van der Waals surface area contributed by atoms with Crippen LogP contribution in [0.4, 0.5) is 0 Å². The Labute approximate surface area is 125 Å². The second kappa shape index (κ2) is 7.50. The van der Waals surface area contributed by atoms with E-state index in [1.807, 2.05) is 28.9 Å². The van der Waals surface area contributed by atoms with Gasteiger partial charge in [0.1, 0.15) is 0 Å². The van der Waals surface area contributed by atoms with E-state index in [-0.39, 0.29) is 0 Å². The first kappa shape index (κ1) is 15.1. The summed E-state index contributed by atoms with van der Waals surface area (Å²) in [6.45, 7) is 4.48. The summed E-state index contributed by atoms with van der Waals surface area (Å²) in [6, 6.07) is 9.58. The normalized spacial score (nSPS) is 14.2. The Morgan fingerprint density at radius 3 is 2.60 bits per heavy atom. The molecular weight excluding hydrogens is 266 g/mol. The first-order chi connectivity index (χ1) is 9.70. The Hall–Kier alpha value is -1.26. The van der Waals surface area contributed by atoms with Crippen LogP contribution in [0.25, 0.3) is 5.69 Å². The van der Waals surface area contributed by atoms with Crippen molar-refractivity contribution in [3.05, 3.63) is 48.5 Å². The summed E-state index contributed by atoms with van der Waals surface area (Å²) in [5.41, 5.74) is 2.47. The average Bonchev–Trinajstić information content (AvgIpc) is 2.99. The fourth-order valence-electron chi connectivity index (χ4n) is 2.25. The molecule has 3 nitrogen and oxygen atoms in total. The van der Waals surface area contributed by atoms with Gasteiger partial charge in [0.15, 0.2) is 0 Å². The smallest absolute Gasteiger partial charge is 0.0991 e. The molecule has 0 spiro atoms. The maximum absolute atomic E-state index is 4.07. The maximum atomic E-state index is 4.07. The molecule has 0 bridgehead atoms. The molecule has 0 aliphatic heterocycles. The van der Waals surface area contributed by atoms with Crippen LogP contribution in [-0.2, 0) is 0 Å². The SMILES string of the molecule is CSCCC(C)NC(C)c1ccc(-n2ccnc2)cc1. The number of hydrogen-bond acceptors (Lipinski definition) is 3. The number of nitrogens with one attached hydrogen (secondary N) is 1. The second-order valence-corrected chi connectivity index (χ2v) is 6.12. The van der Waals surface area contributed by atoms with Crippen LogP contribution in [0, 0.1) is 0 Å². The molecule has 1 N–H and O–H groups in total. The summed E-state index contributed by atoms with van der Waals surface area (Å²) in [5.74, 6) is 1.21. The lowest BCUT2D eigenvalue weighted by Crippen LogP contribution is -2.29. The van der Waals surface area contributed by atoms with Crippen molar-refractivity contribution in [1.29, 1.82) is 0 Å². The van der Waals surface area contributed by atoms with Gasteiger partial charge in [0.2, 0.25) is 0 Å². The topological polar surface area (TPSA) is 29.9 Å². The van der Waals surface area contributed by atoms with Crippen molar-refractivity contribution in [3.63, 3.8) is 0 Å². The van der Waals surface area contributed by atoms with Crippen molar-refractivity contribution in [3.8, 4) is 5.69 Å². The number of imidazole rings is 1. The minimum atomic E-state index is 0.378. The highest BCUT2D eigenvalue weighted by Crippen LogP contribution is 2.17. The fourth-order valence-corrected chi connectivity index (χ4v) is 2.84. The highest BCUT2D eigenvalue weighted by atomic mass is 32.2. The van der Waals surface area contributed by atoms with Crippen molar-refractivity contribution in [2.75, 3.05) is 12.0 Å². The Morgan fingerprint density at radius 1 is 1.25 bits per heavy atom. The van der Waals surface area contributed by atoms with Gasteiger partial charge in [-0.25, -0.2) is 4.98 Å². The number of nitrogens with zero attached hydrogens (tertiary/aromatic N) is 2. The van der Waals surface area contributed by atoms with E-state index in [0.29, 0.717) is 12.1 Å².